The highest BCUT2D eigenvalue weighted by Gasteiger charge is 2.26. The number of oxime groups is 2. The third-order valence-corrected chi connectivity index (χ3v) is 11.0. The van der Waals surface area contributed by atoms with Gasteiger partial charge in [-0.05, 0) is 70.7 Å². The Hall–Kier alpha value is -5.06. The van der Waals surface area contributed by atoms with Gasteiger partial charge in [0.05, 0.1) is 22.8 Å². The van der Waals surface area contributed by atoms with E-state index in [0.717, 1.165) is 114 Å². The summed E-state index contributed by atoms with van der Waals surface area (Å²) in [6.45, 7) is 10.6. The summed E-state index contributed by atoms with van der Waals surface area (Å²) in [6.07, 6.45) is 14.4. The van der Waals surface area contributed by atoms with Crippen LogP contribution in [0.25, 0.3) is 21.8 Å². The molecule has 3 aromatic heterocycles. The van der Waals surface area contributed by atoms with Gasteiger partial charge >= 0.3 is 12.2 Å². The minimum Gasteiger partial charge on any atom is -0.341 e. The molecule has 0 atom stereocenters. The van der Waals surface area contributed by atoms with Gasteiger partial charge in [0.2, 0.25) is 0 Å². The lowest BCUT2D eigenvalue weighted by Gasteiger charge is -2.23. The molecule has 5 aromatic rings. The van der Waals surface area contributed by atoms with Gasteiger partial charge in [0.1, 0.15) is 11.6 Å². The van der Waals surface area contributed by atoms with Crippen LogP contribution in [0.15, 0.2) is 59.1 Å². The minimum absolute atomic E-state index is 0.187. The van der Waals surface area contributed by atoms with Gasteiger partial charge in [-0.25, -0.2) is 28.7 Å². The van der Waals surface area contributed by atoms with Gasteiger partial charge in [0, 0.05) is 76.5 Å². The van der Waals surface area contributed by atoms with Crippen LogP contribution in [0.5, 0.6) is 0 Å². The molecule has 7 rings (SSSR count). The highest BCUT2D eigenvalue weighted by Crippen LogP contribution is 2.35. The summed E-state index contributed by atoms with van der Waals surface area (Å²) in [5.41, 5.74) is 7.29. The van der Waals surface area contributed by atoms with Crippen LogP contribution in [0, 0.1) is 25.7 Å². The SMILES string of the molecule is CCc1nc(C)cn1C(=O)O/N=C(/c1ccc2c(c1)c1cc(/C(=N/OC(=O)n3cc(C)nc3CC)C3CCCCC3)ccc1n2CC)C1CCCCC1. The maximum Gasteiger partial charge on any atom is 0.445 e. The smallest absolute Gasteiger partial charge is 0.341 e. The summed E-state index contributed by atoms with van der Waals surface area (Å²) >= 11 is 0. The predicted molar refractivity (Wildman–Crippen MR) is 208 cm³/mol. The third-order valence-electron chi connectivity index (χ3n) is 11.0. The molecule has 0 spiro atoms. The van der Waals surface area contributed by atoms with E-state index in [9.17, 15) is 9.59 Å². The summed E-state index contributed by atoms with van der Waals surface area (Å²) in [4.78, 5) is 46.9. The van der Waals surface area contributed by atoms with Crippen LogP contribution in [-0.2, 0) is 29.1 Å². The molecule has 3 heterocycles. The Bertz CT molecular complexity index is 2040. The molecule has 2 aliphatic carbocycles. The van der Waals surface area contributed by atoms with Gasteiger partial charge in [0.25, 0.3) is 0 Å². The maximum atomic E-state index is 13.3. The van der Waals surface area contributed by atoms with Crippen molar-refractivity contribution in [3.05, 3.63) is 83.0 Å². The molecule has 11 nitrogen and oxygen atoms in total. The normalized spacial score (nSPS) is 16.5. The van der Waals surface area contributed by atoms with E-state index in [1.54, 1.807) is 12.4 Å². The van der Waals surface area contributed by atoms with E-state index in [2.05, 4.69) is 68.2 Å². The van der Waals surface area contributed by atoms with E-state index in [0.29, 0.717) is 24.5 Å². The zero-order valence-corrected chi connectivity index (χ0v) is 31.7. The molecule has 53 heavy (non-hydrogen) atoms. The van der Waals surface area contributed by atoms with E-state index in [1.165, 1.54) is 22.0 Å². The van der Waals surface area contributed by atoms with Crippen LogP contribution < -0.4 is 0 Å². The fraction of sp³-hybridized carbons (Fsp3) is 0.476. The average molecular weight is 718 g/mol. The highest BCUT2D eigenvalue weighted by molar-refractivity contribution is 6.14. The van der Waals surface area contributed by atoms with Crippen LogP contribution in [0.3, 0.4) is 0 Å². The van der Waals surface area contributed by atoms with Gasteiger partial charge in [-0.3, -0.25) is 9.68 Å². The molecule has 2 aliphatic rings. The molecular weight excluding hydrogens is 667 g/mol. The molecule has 0 bridgehead atoms. The number of nitrogens with zero attached hydrogens (tertiary/aromatic N) is 7. The van der Waals surface area contributed by atoms with Crippen LogP contribution >= 0.6 is 0 Å². The first-order valence-corrected chi connectivity index (χ1v) is 19.5. The molecule has 2 fully saturated rings. The molecule has 0 saturated heterocycles. The molecule has 278 valence electrons. The summed E-state index contributed by atoms with van der Waals surface area (Å²) in [6, 6.07) is 13.0. The Morgan fingerprint density at radius 2 is 1.08 bits per heavy atom. The van der Waals surface area contributed by atoms with Gasteiger partial charge < -0.3 is 4.57 Å². The molecule has 0 unspecified atom stereocenters. The Kier molecular flexibility index (Phi) is 10.9. The monoisotopic (exact) mass is 717 g/mol. The second kappa shape index (κ2) is 15.9. The number of fused-ring (bicyclic) bond motifs is 3. The Morgan fingerprint density at radius 1 is 0.660 bits per heavy atom. The molecule has 0 radical (unpaired) electrons. The molecule has 11 heteroatoms. The lowest BCUT2D eigenvalue weighted by Crippen LogP contribution is -2.21. The van der Waals surface area contributed by atoms with Crippen LogP contribution in [-0.4, -0.2) is 47.3 Å². The third kappa shape index (κ3) is 7.43. The van der Waals surface area contributed by atoms with E-state index in [1.807, 2.05) is 27.7 Å². The van der Waals surface area contributed by atoms with Crippen molar-refractivity contribution < 1.29 is 19.3 Å². The first-order chi connectivity index (χ1) is 25.8. The van der Waals surface area contributed by atoms with Gasteiger partial charge in [-0.2, -0.15) is 0 Å². The van der Waals surface area contributed by atoms with Crippen molar-refractivity contribution in [1.29, 1.82) is 0 Å². The Labute approximate surface area is 311 Å². The van der Waals surface area contributed by atoms with Gasteiger partial charge in [0.15, 0.2) is 0 Å². The number of hydrogen-bond acceptors (Lipinski definition) is 8. The quantitative estimate of drug-likeness (QED) is 0.0851. The number of rotatable bonds is 9. The number of aryl methyl sites for hydroxylation is 5. The van der Waals surface area contributed by atoms with E-state index < -0.39 is 12.2 Å². The minimum atomic E-state index is -0.548. The Morgan fingerprint density at radius 3 is 1.45 bits per heavy atom. The summed E-state index contributed by atoms with van der Waals surface area (Å²) in [5.74, 6) is 1.68. The number of aromatic nitrogens is 5. The molecule has 2 aromatic carbocycles. The molecule has 0 N–H and O–H groups in total. The number of hydrogen-bond donors (Lipinski definition) is 0. The number of imidazole rings is 2. The number of carbonyl (C=O) groups is 2. The first-order valence-electron chi connectivity index (χ1n) is 19.5. The molecular formula is C42H51N7O4. The fourth-order valence-electron chi connectivity index (χ4n) is 8.42. The van der Waals surface area contributed by atoms with Crippen LogP contribution in [0.1, 0.15) is 119 Å². The van der Waals surface area contributed by atoms with Crippen LogP contribution in [0.2, 0.25) is 0 Å². The summed E-state index contributed by atoms with van der Waals surface area (Å²) in [7, 11) is 0. The molecule has 0 aliphatic heterocycles. The van der Waals surface area contributed by atoms with Crippen LogP contribution in [0.4, 0.5) is 9.59 Å². The number of benzene rings is 2. The lowest BCUT2D eigenvalue weighted by atomic mass is 9.82. The number of carbonyl (C=O) groups excluding carboxylic acids is 2. The van der Waals surface area contributed by atoms with Crippen molar-refractivity contribution in [2.45, 2.75) is 118 Å². The fourth-order valence-corrected chi connectivity index (χ4v) is 8.42. The van der Waals surface area contributed by atoms with Gasteiger partial charge in [-0.15, -0.1) is 0 Å². The standard InChI is InChI=1S/C42H51N7O4/c1-6-37-43-27(4)25-48(37)41(50)52-45-39(29-15-11-9-12-16-29)31-19-21-35-33(23-31)34-24-32(20-22-36(34)47(35)8-3)40(30-17-13-10-14-18-30)46-53-42(51)49-26-28(5)44-38(49)7-2/h19-26,29-30H,6-18H2,1-5H3/b45-39+,46-40+. The second-order valence-corrected chi connectivity index (χ2v) is 14.6. The van der Waals surface area contributed by atoms with E-state index in [-0.39, 0.29) is 11.8 Å². The molecule has 0 amide bonds. The zero-order valence-electron chi connectivity index (χ0n) is 31.7. The van der Waals surface area contributed by atoms with E-state index in [4.69, 9.17) is 9.68 Å². The predicted octanol–water partition coefficient (Wildman–Crippen LogP) is 9.89. The highest BCUT2D eigenvalue weighted by atomic mass is 16.7. The van der Waals surface area contributed by atoms with Crippen molar-refractivity contribution in [3.8, 4) is 0 Å². The van der Waals surface area contributed by atoms with E-state index >= 15 is 0 Å². The van der Waals surface area contributed by atoms with Crippen molar-refractivity contribution in [2.24, 2.45) is 22.1 Å². The molecule has 2 saturated carbocycles. The van der Waals surface area contributed by atoms with Crippen molar-refractivity contribution in [1.82, 2.24) is 23.7 Å². The van der Waals surface area contributed by atoms with Gasteiger partial charge in [-0.1, -0.05) is 74.8 Å². The average Bonchev–Trinajstić information content (AvgIpc) is 3.87. The summed E-state index contributed by atoms with van der Waals surface area (Å²) < 4.78 is 5.24. The lowest BCUT2D eigenvalue weighted by molar-refractivity contribution is 0.149. The topological polar surface area (TPSA) is 118 Å². The van der Waals surface area contributed by atoms with Crippen molar-refractivity contribution in [3.63, 3.8) is 0 Å². The Balaban J connectivity index is 1.29. The largest absolute Gasteiger partial charge is 0.445 e. The first kappa shape index (κ1) is 36.3. The van der Waals surface area contributed by atoms with Crippen molar-refractivity contribution >= 4 is 45.4 Å². The summed E-state index contributed by atoms with van der Waals surface area (Å²) in [5, 5.41) is 11.4. The van der Waals surface area contributed by atoms with Crippen molar-refractivity contribution in [2.75, 3.05) is 0 Å². The second-order valence-electron chi connectivity index (χ2n) is 14.6. The zero-order chi connectivity index (χ0) is 37.1. The maximum absolute atomic E-state index is 13.3.